The van der Waals surface area contributed by atoms with Crippen molar-refractivity contribution in [2.45, 2.75) is 13.8 Å². The third-order valence-electron chi connectivity index (χ3n) is 2.44. The lowest BCUT2D eigenvalue weighted by Gasteiger charge is -2.19. The fourth-order valence-electron chi connectivity index (χ4n) is 1.32. The zero-order valence-electron chi connectivity index (χ0n) is 10.3. The number of nitrogens with zero attached hydrogens (tertiary/aromatic N) is 1. The van der Waals surface area contributed by atoms with Crippen LogP contribution in [0.3, 0.4) is 0 Å². The van der Waals surface area contributed by atoms with Crippen LogP contribution in [0.2, 0.25) is 0 Å². The Labute approximate surface area is 98.4 Å². The normalized spacial score (nSPS) is 11.2. The van der Waals surface area contributed by atoms with Crippen LogP contribution in [-0.2, 0) is 0 Å². The molecule has 0 unspecified atom stereocenters. The second-order valence-corrected chi connectivity index (χ2v) is 3.77. The summed E-state index contributed by atoms with van der Waals surface area (Å²) in [5, 5.41) is 0. The molecule has 1 heteroatoms. The summed E-state index contributed by atoms with van der Waals surface area (Å²) in [5.74, 6) is 0. The molecule has 16 heavy (non-hydrogen) atoms. The Balaban J connectivity index is 2.74. The Bertz CT molecular complexity index is 396. The van der Waals surface area contributed by atoms with Crippen LogP contribution in [-0.4, -0.2) is 7.05 Å². The lowest BCUT2D eigenvalue weighted by Crippen LogP contribution is -2.13. The fraction of sp³-hybridized carbons (Fsp3) is 0.200. The van der Waals surface area contributed by atoms with Gasteiger partial charge in [-0.3, -0.25) is 0 Å². The molecular weight excluding hydrogens is 194 g/mol. The zero-order valence-corrected chi connectivity index (χ0v) is 10.3. The topological polar surface area (TPSA) is 3.24 Å². The summed E-state index contributed by atoms with van der Waals surface area (Å²) in [5.41, 5.74) is 3.40. The molecule has 0 saturated heterocycles. The van der Waals surface area contributed by atoms with Gasteiger partial charge >= 0.3 is 0 Å². The van der Waals surface area contributed by atoms with Crippen LogP contribution < -0.4 is 4.90 Å². The van der Waals surface area contributed by atoms with Crippen molar-refractivity contribution in [3.8, 4) is 0 Å². The molecule has 0 saturated carbocycles. The second-order valence-electron chi connectivity index (χ2n) is 3.77. The van der Waals surface area contributed by atoms with Crippen molar-refractivity contribution in [2.24, 2.45) is 0 Å². The quantitative estimate of drug-likeness (QED) is 0.681. The van der Waals surface area contributed by atoms with Crippen molar-refractivity contribution in [1.29, 1.82) is 0 Å². The van der Waals surface area contributed by atoms with Crippen molar-refractivity contribution in [3.05, 3.63) is 66.4 Å². The van der Waals surface area contributed by atoms with E-state index >= 15 is 0 Å². The molecule has 0 spiro atoms. The van der Waals surface area contributed by atoms with E-state index in [1.807, 2.05) is 38.3 Å². The zero-order chi connectivity index (χ0) is 12.0. The highest BCUT2D eigenvalue weighted by Gasteiger charge is 2.00. The lowest BCUT2D eigenvalue weighted by atomic mass is 10.2. The first-order valence-corrected chi connectivity index (χ1v) is 5.44. The van der Waals surface area contributed by atoms with Gasteiger partial charge in [0.1, 0.15) is 0 Å². The summed E-state index contributed by atoms with van der Waals surface area (Å²) in [4.78, 5) is 2.07. The second kappa shape index (κ2) is 5.96. The highest BCUT2D eigenvalue weighted by Crippen LogP contribution is 2.17. The predicted octanol–water partition coefficient (Wildman–Crippen LogP) is 4.08. The van der Waals surface area contributed by atoms with Crippen LogP contribution >= 0.6 is 0 Å². The van der Waals surface area contributed by atoms with Gasteiger partial charge in [-0.25, -0.2) is 0 Å². The number of aryl methyl sites for hydroxylation is 1. The average molecular weight is 213 g/mol. The Morgan fingerprint density at radius 2 is 1.81 bits per heavy atom. The summed E-state index contributed by atoms with van der Waals surface area (Å²) < 4.78 is 0. The van der Waals surface area contributed by atoms with Crippen LogP contribution in [0.5, 0.6) is 0 Å². The summed E-state index contributed by atoms with van der Waals surface area (Å²) in [6.45, 7) is 8.12. The number of benzene rings is 1. The van der Waals surface area contributed by atoms with Gasteiger partial charge in [-0.15, -0.1) is 0 Å². The van der Waals surface area contributed by atoms with Crippen LogP contribution in [0.25, 0.3) is 0 Å². The molecule has 0 N–H and O–H groups in total. The third kappa shape index (κ3) is 3.43. The maximum atomic E-state index is 4.03. The molecule has 0 aromatic heterocycles. The predicted molar refractivity (Wildman–Crippen MR) is 72.7 cm³/mol. The van der Waals surface area contributed by atoms with Gasteiger partial charge in [-0.2, -0.15) is 0 Å². The number of rotatable bonds is 4. The van der Waals surface area contributed by atoms with Gasteiger partial charge in [0.25, 0.3) is 0 Å². The van der Waals surface area contributed by atoms with Gasteiger partial charge in [-0.1, -0.05) is 42.5 Å². The molecule has 0 amide bonds. The summed E-state index contributed by atoms with van der Waals surface area (Å²) in [7, 11) is 2.02. The van der Waals surface area contributed by atoms with Crippen LogP contribution in [0, 0.1) is 6.92 Å². The molecule has 1 aromatic rings. The Hall–Kier alpha value is -1.76. The molecule has 1 aromatic carbocycles. The van der Waals surface area contributed by atoms with E-state index in [0.29, 0.717) is 0 Å². The minimum atomic E-state index is 0.974. The van der Waals surface area contributed by atoms with E-state index in [2.05, 4.69) is 42.7 Å². The number of anilines is 1. The molecule has 0 bridgehead atoms. The largest absolute Gasteiger partial charge is 0.345 e. The molecule has 0 aliphatic carbocycles. The van der Waals surface area contributed by atoms with Crippen LogP contribution in [0.1, 0.15) is 12.5 Å². The van der Waals surface area contributed by atoms with Crippen molar-refractivity contribution in [3.63, 3.8) is 0 Å². The SMILES string of the molecule is C=C(/C=C\C=C/C)N(C)c1ccc(C)cc1. The first-order valence-electron chi connectivity index (χ1n) is 5.44. The first kappa shape index (κ1) is 12.3. The Kier molecular flexibility index (Phi) is 4.59. The maximum absolute atomic E-state index is 4.03. The molecule has 0 atom stereocenters. The molecule has 0 fully saturated rings. The van der Waals surface area contributed by atoms with Gasteiger partial charge < -0.3 is 4.90 Å². The minimum Gasteiger partial charge on any atom is -0.345 e. The molecule has 0 aliphatic rings. The monoisotopic (exact) mass is 213 g/mol. The third-order valence-corrected chi connectivity index (χ3v) is 2.44. The van der Waals surface area contributed by atoms with E-state index in [1.54, 1.807) is 0 Å². The van der Waals surface area contributed by atoms with Crippen molar-refractivity contribution >= 4 is 5.69 Å². The summed E-state index contributed by atoms with van der Waals surface area (Å²) >= 11 is 0. The van der Waals surface area contributed by atoms with Gasteiger partial charge in [0, 0.05) is 18.4 Å². The lowest BCUT2D eigenvalue weighted by molar-refractivity contribution is 1.14. The van der Waals surface area contributed by atoms with E-state index in [-0.39, 0.29) is 0 Å². The van der Waals surface area contributed by atoms with Gasteiger partial charge in [0.2, 0.25) is 0 Å². The molecule has 84 valence electrons. The van der Waals surface area contributed by atoms with E-state index in [1.165, 1.54) is 5.56 Å². The number of likely N-dealkylation sites (N-methyl/N-ethyl adjacent to an activating group) is 1. The van der Waals surface area contributed by atoms with E-state index in [9.17, 15) is 0 Å². The van der Waals surface area contributed by atoms with Gasteiger partial charge in [0.05, 0.1) is 0 Å². The van der Waals surface area contributed by atoms with E-state index < -0.39 is 0 Å². The number of hydrogen-bond donors (Lipinski definition) is 0. The standard InChI is InChI=1S/C15H19N/c1-5-6-7-8-14(3)16(4)15-11-9-13(2)10-12-15/h5-12H,3H2,1-2,4H3/b6-5-,8-7-. The van der Waals surface area contributed by atoms with Crippen molar-refractivity contribution in [2.75, 3.05) is 11.9 Å². The van der Waals surface area contributed by atoms with Gasteiger partial charge in [0.15, 0.2) is 0 Å². The average Bonchev–Trinajstić information content (AvgIpc) is 2.29. The van der Waals surface area contributed by atoms with Crippen LogP contribution in [0.4, 0.5) is 5.69 Å². The highest BCUT2D eigenvalue weighted by atomic mass is 15.1. The highest BCUT2D eigenvalue weighted by molar-refractivity contribution is 5.53. The van der Waals surface area contributed by atoms with E-state index in [4.69, 9.17) is 0 Å². The minimum absolute atomic E-state index is 0.974. The maximum Gasteiger partial charge on any atom is 0.0408 e. The fourth-order valence-corrected chi connectivity index (χ4v) is 1.32. The molecule has 1 rings (SSSR count). The van der Waals surface area contributed by atoms with Crippen molar-refractivity contribution in [1.82, 2.24) is 0 Å². The molecular formula is C15H19N. The smallest absolute Gasteiger partial charge is 0.0408 e. The van der Waals surface area contributed by atoms with E-state index in [0.717, 1.165) is 11.4 Å². The van der Waals surface area contributed by atoms with Gasteiger partial charge in [-0.05, 0) is 32.1 Å². The molecule has 0 heterocycles. The van der Waals surface area contributed by atoms with Crippen LogP contribution in [0.15, 0.2) is 60.8 Å². The number of allylic oxidation sites excluding steroid dienone is 4. The number of hydrogen-bond acceptors (Lipinski definition) is 1. The molecule has 1 nitrogen and oxygen atoms in total. The molecule has 0 radical (unpaired) electrons. The first-order chi connectivity index (χ1) is 7.65. The Morgan fingerprint density at radius 3 is 2.38 bits per heavy atom. The Morgan fingerprint density at radius 1 is 1.19 bits per heavy atom. The summed E-state index contributed by atoms with van der Waals surface area (Å²) in [6.07, 6.45) is 7.98. The molecule has 0 aliphatic heterocycles. The van der Waals surface area contributed by atoms with Crippen molar-refractivity contribution < 1.29 is 0 Å². The summed E-state index contributed by atoms with van der Waals surface area (Å²) in [6, 6.07) is 8.41.